The van der Waals surface area contributed by atoms with E-state index in [4.69, 9.17) is 16.3 Å². The lowest BCUT2D eigenvalue weighted by Crippen LogP contribution is -2.40. The minimum Gasteiger partial charge on any atom is -0.431 e. The van der Waals surface area contributed by atoms with E-state index >= 15 is 0 Å². The fourth-order valence-electron chi connectivity index (χ4n) is 1.42. The second kappa shape index (κ2) is 5.37. The number of halogens is 4. The quantitative estimate of drug-likeness (QED) is 0.917. The maximum atomic E-state index is 12.3. The third-order valence-corrected chi connectivity index (χ3v) is 3.02. The highest BCUT2D eigenvalue weighted by Gasteiger charge is 2.22. The first-order valence-corrected chi connectivity index (χ1v) is 6.01. The number of hydrogen-bond acceptors (Lipinski definition) is 3. The van der Waals surface area contributed by atoms with Gasteiger partial charge in [0.1, 0.15) is 0 Å². The van der Waals surface area contributed by atoms with E-state index in [-0.39, 0.29) is 11.8 Å². The first-order valence-electron chi connectivity index (χ1n) is 4.84. The number of nitrogens with one attached hydrogen (secondary N) is 1. The molecule has 0 aliphatic carbocycles. The van der Waals surface area contributed by atoms with Crippen molar-refractivity contribution in [1.82, 2.24) is 0 Å². The van der Waals surface area contributed by atoms with Crippen molar-refractivity contribution in [2.45, 2.75) is 12.7 Å². The Labute approximate surface area is 110 Å². The minimum absolute atomic E-state index is 0.0521. The molecule has 1 N–H and O–H groups in total. The van der Waals surface area contributed by atoms with Gasteiger partial charge in [-0.3, -0.25) is 0 Å². The molecule has 1 saturated heterocycles. The van der Waals surface area contributed by atoms with Gasteiger partial charge in [-0.05, 0) is 28.1 Å². The van der Waals surface area contributed by atoms with Crippen LogP contribution >= 0.6 is 27.5 Å². The Morgan fingerprint density at radius 1 is 1.47 bits per heavy atom. The molecule has 94 valence electrons. The molecule has 17 heavy (non-hydrogen) atoms. The SMILES string of the molecule is FC(F)Oc1c(Br)cc(Cl)cc1NC1COC1. The average molecular weight is 329 g/mol. The fourth-order valence-corrected chi connectivity index (χ4v) is 2.32. The topological polar surface area (TPSA) is 30.5 Å². The smallest absolute Gasteiger partial charge is 0.387 e. The Hall–Kier alpha value is -0.590. The normalized spacial score (nSPS) is 15.8. The summed E-state index contributed by atoms with van der Waals surface area (Å²) in [5.74, 6) is 0.0521. The molecular weight excluding hydrogens is 319 g/mol. The average Bonchev–Trinajstić information content (AvgIpc) is 2.16. The van der Waals surface area contributed by atoms with E-state index < -0.39 is 6.61 Å². The van der Waals surface area contributed by atoms with Crippen LogP contribution in [0.4, 0.5) is 14.5 Å². The van der Waals surface area contributed by atoms with Crippen LogP contribution in [0, 0.1) is 0 Å². The highest BCUT2D eigenvalue weighted by Crippen LogP contribution is 2.38. The number of alkyl halides is 2. The van der Waals surface area contributed by atoms with Crippen molar-refractivity contribution in [1.29, 1.82) is 0 Å². The largest absolute Gasteiger partial charge is 0.431 e. The van der Waals surface area contributed by atoms with E-state index in [1.165, 1.54) is 6.07 Å². The lowest BCUT2D eigenvalue weighted by atomic mass is 10.2. The molecule has 0 aromatic heterocycles. The van der Waals surface area contributed by atoms with Crippen molar-refractivity contribution in [2.75, 3.05) is 18.5 Å². The van der Waals surface area contributed by atoms with E-state index in [0.29, 0.717) is 28.4 Å². The molecular formula is C10H9BrClF2NO2. The van der Waals surface area contributed by atoms with Gasteiger partial charge in [-0.2, -0.15) is 8.78 Å². The Morgan fingerprint density at radius 3 is 2.71 bits per heavy atom. The van der Waals surface area contributed by atoms with Gasteiger partial charge in [0.2, 0.25) is 0 Å². The molecule has 1 fully saturated rings. The summed E-state index contributed by atoms with van der Waals surface area (Å²) in [5.41, 5.74) is 0.429. The van der Waals surface area contributed by atoms with E-state index in [0.717, 1.165) is 0 Å². The molecule has 1 aromatic carbocycles. The van der Waals surface area contributed by atoms with Crippen molar-refractivity contribution in [3.8, 4) is 5.75 Å². The molecule has 3 nitrogen and oxygen atoms in total. The maximum absolute atomic E-state index is 12.3. The van der Waals surface area contributed by atoms with Gasteiger partial charge in [0.05, 0.1) is 29.4 Å². The summed E-state index contributed by atoms with van der Waals surface area (Å²) in [6, 6.07) is 3.14. The predicted octanol–water partition coefficient (Wildman–Crippen LogP) is 3.51. The lowest BCUT2D eigenvalue weighted by Gasteiger charge is -2.29. The van der Waals surface area contributed by atoms with Crippen molar-refractivity contribution in [2.24, 2.45) is 0 Å². The molecule has 1 heterocycles. The minimum atomic E-state index is -2.88. The van der Waals surface area contributed by atoms with Crippen LogP contribution in [0.2, 0.25) is 5.02 Å². The molecule has 1 aliphatic rings. The summed E-state index contributed by atoms with van der Waals surface area (Å²) >= 11 is 9.00. The molecule has 1 aromatic rings. The number of anilines is 1. The van der Waals surface area contributed by atoms with Crippen LogP contribution < -0.4 is 10.1 Å². The molecule has 0 unspecified atom stereocenters. The molecule has 0 amide bonds. The van der Waals surface area contributed by atoms with Crippen LogP contribution in [-0.2, 0) is 4.74 Å². The molecule has 0 atom stereocenters. The van der Waals surface area contributed by atoms with Crippen LogP contribution in [0.1, 0.15) is 0 Å². The summed E-state index contributed by atoms with van der Waals surface area (Å²) in [4.78, 5) is 0. The number of benzene rings is 1. The van der Waals surface area contributed by atoms with Gasteiger partial charge >= 0.3 is 6.61 Å². The van der Waals surface area contributed by atoms with Crippen LogP contribution in [0.15, 0.2) is 16.6 Å². The molecule has 0 bridgehead atoms. The van der Waals surface area contributed by atoms with Gasteiger partial charge in [0, 0.05) is 5.02 Å². The zero-order valence-corrected chi connectivity index (χ0v) is 10.9. The zero-order chi connectivity index (χ0) is 12.4. The third kappa shape index (κ3) is 3.20. The summed E-state index contributed by atoms with van der Waals surface area (Å²) in [5, 5.41) is 3.47. The van der Waals surface area contributed by atoms with Crippen LogP contribution in [0.5, 0.6) is 5.75 Å². The van der Waals surface area contributed by atoms with E-state index in [2.05, 4.69) is 26.0 Å². The van der Waals surface area contributed by atoms with E-state index in [9.17, 15) is 8.78 Å². The number of rotatable bonds is 4. The van der Waals surface area contributed by atoms with Gasteiger partial charge in [-0.15, -0.1) is 0 Å². The Bertz CT molecular complexity index is 416. The van der Waals surface area contributed by atoms with Gasteiger partial charge in [-0.25, -0.2) is 0 Å². The Morgan fingerprint density at radius 2 is 2.18 bits per heavy atom. The monoisotopic (exact) mass is 327 g/mol. The summed E-state index contributed by atoms with van der Waals surface area (Å²) < 4.78 is 34.4. The zero-order valence-electron chi connectivity index (χ0n) is 8.55. The van der Waals surface area contributed by atoms with Crippen LogP contribution in [0.25, 0.3) is 0 Å². The van der Waals surface area contributed by atoms with Crippen LogP contribution in [0.3, 0.4) is 0 Å². The fraction of sp³-hybridized carbons (Fsp3) is 0.400. The summed E-state index contributed by atoms with van der Waals surface area (Å²) in [7, 11) is 0. The van der Waals surface area contributed by atoms with Crippen molar-refractivity contribution in [3.05, 3.63) is 21.6 Å². The highest BCUT2D eigenvalue weighted by atomic mass is 79.9. The van der Waals surface area contributed by atoms with Crippen LogP contribution in [-0.4, -0.2) is 25.9 Å². The van der Waals surface area contributed by atoms with Crippen molar-refractivity contribution < 1.29 is 18.3 Å². The first kappa shape index (κ1) is 12.9. The molecule has 0 radical (unpaired) electrons. The van der Waals surface area contributed by atoms with E-state index in [1.54, 1.807) is 6.07 Å². The highest BCUT2D eigenvalue weighted by molar-refractivity contribution is 9.10. The first-order chi connectivity index (χ1) is 8.06. The molecule has 0 saturated carbocycles. The molecule has 2 rings (SSSR count). The molecule has 1 aliphatic heterocycles. The number of hydrogen-bond donors (Lipinski definition) is 1. The standard InChI is InChI=1S/C10H9BrClF2NO2/c11-7-1-5(12)2-8(9(7)17-10(13)14)15-6-3-16-4-6/h1-2,6,10,15H,3-4H2. The van der Waals surface area contributed by atoms with Gasteiger partial charge in [0.25, 0.3) is 0 Å². The van der Waals surface area contributed by atoms with Crippen molar-refractivity contribution in [3.63, 3.8) is 0 Å². The second-order valence-corrected chi connectivity index (χ2v) is 4.81. The Balaban J connectivity index is 2.25. The van der Waals surface area contributed by atoms with Gasteiger partial charge in [-0.1, -0.05) is 11.6 Å². The maximum Gasteiger partial charge on any atom is 0.387 e. The van der Waals surface area contributed by atoms with Gasteiger partial charge < -0.3 is 14.8 Å². The lowest BCUT2D eigenvalue weighted by molar-refractivity contribution is -0.0500. The Kier molecular flexibility index (Phi) is 4.06. The summed E-state index contributed by atoms with van der Waals surface area (Å²) in [6.07, 6.45) is 0. The predicted molar refractivity (Wildman–Crippen MR) is 64.0 cm³/mol. The molecule has 7 heteroatoms. The van der Waals surface area contributed by atoms with E-state index in [1.807, 2.05) is 0 Å². The van der Waals surface area contributed by atoms with Crippen molar-refractivity contribution >= 4 is 33.2 Å². The number of ether oxygens (including phenoxy) is 2. The third-order valence-electron chi connectivity index (χ3n) is 2.21. The van der Waals surface area contributed by atoms with Gasteiger partial charge in [0.15, 0.2) is 5.75 Å². The molecule has 0 spiro atoms. The second-order valence-electron chi connectivity index (χ2n) is 3.52. The summed E-state index contributed by atoms with van der Waals surface area (Å²) in [6.45, 7) is -1.80.